The third kappa shape index (κ3) is 4.94. The Morgan fingerprint density at radius 1 is 1.05 bits per heavy atom. The van der Waals surface area contributed by atoms with Gasteiger partial charge in [0, 0.05) is 11.4 Å². The van der Waals surface area contributed by atoms with E-state index in [0.29, 0.717) is 33.8 Å². The van der Waals surface area contributed by atoms with E-state index in [1.807, 2.05) is 58.9 Å². The first-order chi connectivity index (χ1) is 17.0. The minimum atomic E-state index is -2.06. The molecule has 0 atom stereocenters. The minimum Gasteiger partial charge on any atom is -0.543 e. The maximum atomic E-state index is 13.6. The molecule has 4 rings (SSSR count). The Bertz CT molecular complexity index is 1490. The molecule has 0 aliphatic heterocycles. The zero-order valence-corrected chi connectivity index (χ0v) is 24.5. The van der Waals surface area contributed by atoms with Crippen molar-refractivity contribution in [2.45, 2.75) is 85.2 Å². The number of fused-ring (bicyclic) bond motifs is 2. The molecule has 3 heterocycles. The summed E-state index contributed by atoms with van der Waals surface area (Å²) in [5.41, 5.74) is 8.02. The van der Waals surface area contributed by atoms with Gasteiger partial charge < -0.3 is 14.9 Å². The molecule has 9 nitrogen and oxygen atoms in total. The zero-order valence-electron chi connectivity index (χ0n) is 23.5. The highest BCUT2D eigenvalue weighted by Gasteiger charge is 2.39. The van der Waals surface area contributed by atoms with E-state index in [1.165, 1.54) is 6.33 Å². The lowest BCUT2D eigenvalue weighted by Crippen LogP contribution is -2.43. The predicted molar refractivity (Wildman–Crippen MR) is 151 cm³/mol. The average Bonchev–Trinajstić information content (AvgIpc) is 3.30. The molecule has 0 unspecified atom stereocenters. The number of anilines is 1. The number of nitrogens with zero attached hydrogens (tertiary/aromatic N) is 5. The van der Waals surface area contributed by atoms with Crippen molar-refractivity contribution >= 4 is 42.2 Å². The monoisotopic (exact) mass is 522 g/mol. The number of hydrogen-bond donors (Lipinski definition) is 1. The molecule has 3 aromatic heterocycles. The van der Waals surface area contributed by atoms with Crippen molar-refractivity contribution in [1.29, 1.82) is 0 Å². The zero-order chi connectivity index (χ0) is 27.5. The summed E-state index contributed by atoms with van der Waals surface area (Å²) in [7, 11) is -2.06. The molecular weight excluding hydrogens is 484 g/mol. The van der Waals surface area contributed by atoms with Crippen molar-refractivity contribution in [2.24, 2.45) is 0 Å². The molecule has 0 aliphatic rings. The maximum Gasteiger partial charge on any atom is 0.419 e. The van der Waals surface area contributed by atoms with Crippen molar-refractivity contribution in [3.8, 4) is 17.1 Å². The SMILES string of the molecule is CC(C)n1nc(-c2cc3cc(O[Si](C)(C)C(C)(C)C)ccc3n2C(=O)OC(C)(C)C)c2c(N)ncnc21. The van der Waals surface area contributed by atoms with Crippen LogP contribution in [0.2, 0.25) is 18.1 Å². The lowest BCUT2D eigenvalue weighted by Gasteiger charge is -2.36. The van der Waals surface area contributed by atoms with Gasteiger partial charge in [0.25, 0.3) is 0 Å². The van der Waals surface area contributed by atoms with Crippen LogP contribution < -0.4 is 10.2 Å². The Morgan fingerprint density at radius 3 is 2.32 bits per heavy atom. The summed E-state index contributed by atoms with van der Waals surface area (Å²) in [4.78, 5) is 22.2. The fourth-order valence-electron chi connectivity index (χ4n) is 3.92. The number of carbonyl (C=O) groups excluding carboxylic acids is 1. The molecule has 0 radical (unpaired) electrons. The lowest BCUT2D eigenvalue weighted by molar-refractivity contribution is 0.0547. The van der Waals surface area contributed by atoms with Crippen LogP contribution in [0.25, 0.3) is 33.3 Å². The largest absolute Gasteiger partial charge is 0.543 e. The van der Waals surface area contributed by atoms with Crippen LogP contribution in [0.15, 0.2) is 30.6 Å². The van der Waals surface area contributed by atoms with Gasteiger partial charge in [-0.15, -0.1) is 0 Å². The molecule has 198 valence electrons. The summed E-state index contributed by atoms with van der Waals surface area (Å²) in [5.74, 6) is 1.07. The van der Waals surface area contributed by atoms with Crippen LogP contribution in [0.5, 0.6) is 5.75 Å². The number of hydrogen-bond acceptors (Lipinski definition) is 7. The van der Waals surface area contributed by atoms with Crippen LogP contribution in [0.3, 0.4) is 0 Å². The first-order valence-corrected chi connectivity index (χ1v) is 15.5. The summed E-state index contributed by atoms with van der Waals surface area (Å²) in [6.45, 7) is 20.6. The summed E-state index contributed by atoms with van der Waals surface area (Å²) in [6.07, 6.45) is 0.925. The molecule has 2 N–H and O–H groups in total. The number of nitrogen functional groups attached to an aromatic ring is 1. The third-order valence-corrected chi connectivity index (χ3v) is 11.1. The molecule has 1 aromatic carbocycles. The van der Waals surface area contributed by atoms with Gasteiger partial charge in [-0.2, -0.15) is 5.10 Å². The van der Waals surface area contributed by atoms with E-state index in [2.05, 4.69) is 43.8 Å². The second-order valence-corrected chi connectivity index (χ2v) is 17.0. The number of rotatable bonds is 4. The number of benzene rings is 1. The molecule has 0 amide bonds. The maximum absolute atomic E-state index is 13.6. The summed E-state index contributed by atoms with van der Waals surface area (Å²) < 4.78 is 15.7. The second-order valence-electron chi connectivity index (χ2n) is 12.3. The molecule has 0 saturated carbocycles. The van der Waals surface area contributed by atoms with Crippen molar-refractivity contribution in [3.05, 3.63) is 30.6 Å². The van der Waals surface area contributed by atoms with Crippen LogP contribution in [0.1, 0.15) is 61.4 Å². The Morgan fingerprint density at radius 2 is 1.73 bits per heavy atom. The quantitative estimate of drug-likeness (QED) is 0.294. The van der Waals surface area contributed by atoms with E-state index in [4.69, 9.17) is 20.0 Å². The van der Waals surface area contributed by atoms with E-state index in [9.17, 15) is 4.79 Å². The van der Waals surface area contributed by atoms with Crippen LogP contribution in [-0.4, -0.2) is 44.3 Å². The smallest absolute Gasteiger partial charge is 0.419 e. The average molecular weight is 523 g/mol. The molecule has 0 aliphatic carbocycles. The van der Waals surface area contributed by atoms with Crippen LogP contribution in [0, 0.1) is 0 Å². The van der Waals surface area contributed by atoms with Crippen LogP contribution >= 0.6 is 0 Å². The fourth-order valence-corrected chi connectivity index (χ4v) is 4.94. The Balaban J connectivity index is 1.98. The van der Waals surface area contributed by atoms with Gasteiger partial charge in [-0.25, -0.2) is 24.0 Å². The molecule has 10 heteroatoms. The fraction of sp³-hybridized carbons (Fsp3) is 0.481. The first-order valence-electron chi connectivity index (χ1n) is 12.6. The number of ether oxygens (including phenoxy) is 1. The Labute approximate surface area is 219 Å². The van der Waals surface area contributed by atoms with Crippen molar-refractivity contribution in [3.63, 3.8) is 0 Å². The van der Waals surface area contributed by atoms with Gasteiger partial charge in [-0.3, -0.25) is 0 Å². The summed E-state index contributed by atoms with van der Waals surface area (Å²) in [6, 6.07) is 7.73. The molecule has 0 bridgehead atoms. The van der Waals surface area contributed by atoms with Crippen molar-refractivity contribution in [1.82, 2.24) is 24.3 Å². The Hall–Kier alpha value is -3.40. The van der Waals surface area contributed by atoms with Crippen LogP contribution in [0.4, 0.5) is 10.6 Å². The normalized spacial score (nSPS) is 13.1. The summed E-state index contributed by atoms with van der Waals surface area (Å²) >= 11 is 0. The Kier molecular flexibility index (Phi) is 6.38. The van der Waals surface area contributed by atoms with E-state index in [1.54, 1.807) is 9.25 Å². The predicted octanol–water partition coefficient (Wildman–Crippen LogP) is 6.78. The number of aromatic nitrogens is 5. The van der Waals surface area contributed by atoms with Crippen molar-refractivity contribution < 1.29 is 14.0 Å². The van der Waals surface area contributed by atoms with E-state index in [-0.39, 0.29) is 11.1 Å². The van der Waals surface area contributed by atoms with Gasteiger partial charge in [0.2, 0.25) is 8.32 Å². The van der Waals surface area contributed by atoms with Gasteiger partial charge in [0.05, 0.1) is 16.6 Å². The minimum absolute atomic E-state index is 0.0227. The number of nitrogens with two attached hydrogens (primary N) is 1. The van der Waals surface area contributed by atoms with Gasteiger partial charge >= 0.3 is 6.09 Å². The molecule has 0 saturated heterocycles. The molecule has 37 heavy (non-hydrogen) atoms. The summed E-state index contributed by atoms with van der Waals surface area (Å²) in [5, 5.41) is 6.33. The highest BCUT2D eigenvalue weighted by atomic mass is 28.4. The van der Waals surface area contributed by atoms with Gasteiger partial charge in [-0.05, 0) is 77.0 Å². The van der Waals surface area contributed by atoms with Crippen molar-refractivity contribution in [2.75, 3.05) is 5.73 Å². The highest BCUT2D eigenvalue weighted by molar-refractivity contribution is 6.74. The first kappa shape index (κ1) is 26.7. The van der Waals surface area contributed by atoms with E-state index < -0.39 is 20.0 Å². The third-order valence-electron chi connectivity index (χ3n) is 6.78. The molecular formula is C27H38N6O3Si. The second kappa shape index (κ2) is 8.86. The lowest BCUT2D eigenvalue weighted by atomic mass is 10.2. The van der Waals surface area contributed by atoms with E-state index >= 15 is 0 Å². The molecule has 0 fully saturated rings. The standard InChI is InChI=1S/C27H38N6O3Si/c1-16(2)33-24-21(23(28)29-15-30-24)22(31-33)20-14-17-13-18(36-37(9,10)27(6,7)8)11-12-19(17)32(20)25(34)35-26(3,4)5/h11-16H,1-10H3,(H2,28,29,30). The van der Waals surface area contributed by atoms with E-state index in [0.717, 1.165) is 11.1 Å². The molecule has 4 aromatic rings. The highest BCUT2D eigenvalue weighted by Crippen LogP contribution is 2.40. The topological polar surface area (TPSA) is 110 Å². The van der Waals surface area contributed by atoms with Gasteiger partial charge in [0.1, 0.15) is 29.2 Å². The molecule has 0 spiro atoms. The van der Waals surface area contributed by atoms with Crippen LogP contribution in [-0.2, 0) is 4.74 Å². The van der Waals surface area contributed by atoms with Gasteiger partial charge in [0.15, 0.2) is 5.65 Å². The number of carbonyl (C=O) groups is 1. The van der Waals surface area contributed by atoms with Gasteiger partial charge in [-0.1, -0.05) is 20.8 Å².